The van der Waals surface area contributed by atoms with Gasteiger partial charge < -0.3 is 15.0 Å². The van der Waals surface area contributed by atoms with Crippen molar-refractivity contribution in [3.8, 4) is 0 Å². The molecule has 2 aliphatic heterocycles. The van der Waals surface area contributed by atoms with Gasteiger partial charge in [-0.3, -0.25) is 9.91 Å². The number of aromatic nitrogens is 5. The van der Waals surface area contributed by atoms with E-state index in [2.05, 4.69) is 36.0 Å². The Bertz CT molecular complexity index is 1250. The fraction of sp³-hybridized carbons (Fsp3) is 0.429. The van der Waals surface area contributed by atoms with Crippen molar-refractivity contribution in [1.29, 1.82) is 0 Å². The first-order valence-corrected chi connectivity index (χ1v) is 11.5. The lowest BCUT2D eigenvalue weighted by Crippen LogP contribution is -2.48. The summed E-state index contributed by atoms with van der Waals surface area (Å²) in [7, 11) is 0. The van der Waals surface area contributed by atoms with E-state index in [1.54, 1.807) is 13.1 Å². The highest BCUT2D eigenvalue weighted by atomic mass is 19.1. The molecule has 2 fully saturated rings. The van der Waals surface area contributed by atoms with E-state index < -0.39 is 29.9 Å². The van der Waals surface area contributed by atoms with E-state index >= 15 is 8.78 Å². The number of aryl methyl sites for hydroxylation is 1. The van der Waals surface area contributed by atoms with Crippen LogP contribution < -0.4 is 20.5 Å². The van der Waals surface area contributed by atoms with Crippen LogP contribution in [0.15, 0.2) is 29.2 Å². The van der Waals surface area contributed by atoms with Crippen LogP contribution in [-0.2, 0) is 17.8 Å². The van der Waals surface area contributed by atoms with Crippen LogP contribution >= 0.6 is 0 Å². The van der Waals surface area contributed by atoms with E-state index in [1.807, 2.05) is 0 Å². The summed E-state index contributed by atoms with van der Waals surface area (Å²) < 4.78 is 41.8. The third-order valence-corrected chi connectivity index (χ3v) is 6.04. The Labute approximate surface area is 209 Å². The molecule has 196 valence electrons. The van der Waals surface area contributed by atoms with Gasteiger partial charge in [-0.1, -0.05) is 15.5 Å². The molecule has 5 rings (SSSR count). The monoisotopic (exact) mass is 518 g/mol. The smallest absolute Gasteiger partial charge is 0.414 e. The summed E-state index contributed by atoms with van der Waals surface area (Å²) in [5, 5.41) is 18.9. The van der Waals surface area contributed by atoms with Crippen molar-refractivity contribution in [3.63, 3.8) is 0 Å². The van der Waals surface area contributed by atoms with Crippen LogP contribution in [0, 0.1) is 18.6 Å². The van der Waals surface area contributed by atoms with Crippen LogP contribution in [0.25, 0.3) is 0 Å². The number of carbonyl (C=O) groups is 2. The first kappa shape index (κ1) is 24.4. The lowest BCUT2D eigenvalue weighted by atomic mass is 10.2. The van der Waals surface area contributed by atoms with E-state index in [4.69, 9.17) is 4.74 Å². The minimum Gasteiger partial charge on any atom is -0.442 e. The molecule has 3 aromatic rings. The number of cyclic esters (lactones) is 1. The molecule has 1 atom stereocenters. The Morgan fingerprint density at radius 1 is 1.22 bits per heavy atom. The molecule has 1 aromatic carbocycles. The van der Waals surface area contributed by atoms with Gasteiger partial charge in [0, 0.05) is 38.0 Å². The average molecular weight is 518 g/mol. The molecule has 0 spiro atoms. The molecule has 2 saturated heterocycles. The molecule has 2 N–H and O–H groups in total. The third-order valence-electron chi connectivity index (χ3n) is 6.04. The van der Waals surface area contributed by atoms with Gasteiger partial charge in [-0.2, -0.15) is 0 Å². The number of amides is 3. The normalized spacial score (nSPS) is 18.2. The number of nitrogens with zero attached hydrogens (tertiary/aromatic N) is 8. The van der Waals surface area contributed by atoms with Gasteiger partial charge in [-0.15, -0.1) is 5.10 Å². The lowest BCUT2D eigenvalue weighted by molar-refractivity contribution is 0.129. The van der Waals surface area contributed by atoms with Crippen LogP contribution in [-0.4, -0.2) is 81.3 Å². The minimum atomic E-state index is -0.825. The number of halogens is 2. The lowest BCUT2D eigenvalue weighted by Gasteiger charge is -2.25. The van der Waals surface area contributed by atoms with E-state index in [-0.39, 0.29) is 57.2 Å². The molecular formula is C21H24F2N10O4. The van der Waals surface area contributed by atoms with Gasteiger partial charge in [0.1, 0.15) is 23.2 Å². The van der Waals surface area contributed by atoms with E-state index in [1.165, 1.54) is 25.7 Å². The Balaban J connectivity index is 1.22. The first-order valence-electron chi connectivity index (χ1n) is 11.5. The number of nitrogens with one attached hydrogen (secondary N) is 2. The van der Waals surface area contributed by atoms with Crippen molar-refractivity contribution in [2.24, 2.45) is 0 Å². The highest BCUT2D eigenvalue weighted by Crippen LogP contribution is 2.31. The van der Waals surface area contributed by atoms with Crippen molar-refractivity contribution in [2.75, 3.05) is 42.5 Å². The number of anilines is 2. The quantitative estimate of drug-likeness (QED) is 0.481. The zero-order valence-electron chi connectivity index (χ0n) is 19.8. The highest BCUT2D eigenvalue weighted by molar-refractivity contribution is 5.90. The molecule has 37 heavy (non-hydrogen) atoms. The average Bonchev–Trinajstić information content (AvgIpc) is 3.56. The summed E-state index contributed by atoms with van der Waals surface area (Å²) in [5.41, 5.74) is 3.83. The molecule has 0 saturated carbocycles. The fourth-order valence-electron chi connectivity index (χ4n) is 4.17. The Morgan fingerprint density at radius 2 is 2.03 bits per heavy atom. The Kier molecular flexibility index (Phi) is 6.80. The predicted octanol–water partition coefficient (Wildman–Crippen LogP) is 0.810. The van der Waals surface area contributed by atoms with E-state index in [0.29, 0.717) is 11.4 Å². The molecule has 0 unspecified atom stereocenters. The maximum atomic E-state index is 15.2. The van der Waals surface area contributed by atoms with Crippen LogP contribution in [0.1, 0.15) is 11.4 Å². The largest absolute Gasteiger partial charge is 0.442 e. The number of hydrazine groups is 1. The molecule has 3 amide bonds. The topological polar surface area (TPSA) is 147 Å². The Hall–Kier alpha value is -4.34. The second-order valence-electron chi connectivity index (χ2n) is 8.50. The summed E-state index contributed by atoms with van der Waals surface area (Å²) >= 11 is 0. The summed E-state index contributed by atoms with van der Waals surface area (Å²) in [4.78, 5) is 27.6. The molecule has 0 aliphatic carbocycles. The summed E-state index contributed by atoms with van der Waals surface area (Å²) in [6.45, 7) is 3.05. The number of carbonyl (C=O) groups excluding carboxylic acids is 2. The van der Waals surface area contributed by atoms with Crippen LogP contribution in [0.5, 0.6) is 0 Å². The molecule has 14 nitrogen and oxygen atoms in total. The Morgan fingerprint density at radius 3 is 2.73 bits per heavy atom. The van der Waals surface area contributed by atoms with Gasteiger partial charge in [-0.25, -0.2) is 33.1 Å². The standard InChI is InChI=1S/C21H24F2N10O4/c1-13-18(28-37-27-13)10-24-20(34)33-7-6-30(4-3-26-33)19-16(22)8-14(9-17(19)23)32-12-15(36-21(32)35)11-31-5-2-25-29-31/h2,5,8-9,15,26H,3-4,6-7,10-12H2,1H3,(H,24,34)/t15-/m0/s1. The maximum absolute atomic E-state index is 15.2. The summed E-state index contributed by atoms with van der Waals surface area (Å²) in [6, 6.07) is 1.79. The molecular weight excluding hydrogens is 494 g/mol. The zero-order chi connectivity index (χ0) is 25.9. The number of rotatable bonds is 6. The van der Waals surface area contributed by atoms with Gasteiger partial charge in [-0.05, 0) is 6.92 Å². The number of hydrogen-bond donors (Lipinski definition) is 2. The molecule has 0 radical (unpaired) electrons. The van der Waals surface area contributed by atoms with Crippen molar-refractivity contribution >= 4 is 23.5 Å². The van der Waals surface area contributed by atoms with Gasteiger partial charge in [0.05, 0.1) is 38.1 Å². The third kappa shape index (κ3) is 5.28. The molecule has 16 heteroatoms. The molecule has 2 aliphatic rings. The van der Waals surface area contributed by atoms with Crippen molar-refractivity contribution in [3.05, 3.63) is 47.5 Å². The summed E-state index contributed by atoms with van der Waals surface area (Å²) in [5.74, 6) is -1.65. The van der Waals surface area contributed by atoms with Crippen molar-refractivity contribution < 1.29 is 27.7 Å². The van der Waals surface area contributed by atoms with Gasteiger partial charge in [0.25, 0.3) is 0 Å². The highest BCUT2D eigenvalue weighted by Gasteiger charge is 2.34. The number of benzene rings is 1. The van der Waals surface area contributed by atoms with E-state index in [9.17, 15) is 9.59 Å². The van der Waals surface area contributed by atoms with Crippen molar-refractivity contribution in [2.45, 2.75) is 26.1 Å². The molecule has 4 heterocycles. The number of urea groups is 1. The van der Waals surface area contributed by atoms with Crippen LogP contribution in [0.3, 0.4) is 0 Å². The van der Waals surface area contributed by atoms with Crippen LogP contribution in [0.4, 0.5) is 29.7 Å². The second-order valence-corrected chi connectivity index (χ2v) is 8.50. The predicted molar refractivity (Wildman–Crippen MR) is 122 cm³/mol. The second kappa shape index (κ2) is 10.3. The molecule has 2 aromatic heterocycles. The van der Waals surface area contributed by atoms with Gasteiger partial charge >= 0.3 is 12.1 Å². The number of ether oxygens (including phenoxy) is 1. The fourth-order valence-corrected chi connectivity index (χ4v) is 4.17. The number of hydrogen-bond acceptors (Lipinski definition) is 10. The van der Waals surface area contributed by atoms with Gasteiger partial charge in [0.2, 0.25) is 0 Å². The molecule has 0 bridgehead atoms. The van der Waals surface area contributed by atoms with E-state index in [0.717, 1.165) is 12.1 Å². The van der Waals surface area contributed by atoms with Crippen LogP contribution in [0.2, 0.25) is 0 Å². The SMILES string of the molecule is Cc1nonc1CNC(=O)N1CCN(c2c(F)cc(N3C[C@H](Cn4ccnn4)OC3=O)cc2F)CCN1. The zero-order valence-corrected chi connectivity index (χ0v) is 19.8. The van der Waals surface area contributed by atoms with Crippen molar-refractivity contribution in [1.82, 2.24) is 41.1 Å². The van der Waals surface area contributed by atoms with Gasteiger partial charge in [0.15, 0.2) is 11.6 Å². The summed E-state index contributed by atoms with van der Waals surface area (Å²) in [6.07, 6.45) is 1.88. The minimum absolute atomic E-state index is 0.0523. The maximum Gasteiger partial charge on any atom is 0.414 e. The first-order chi connectivity index (χ1) is 17.9.